The molecule has 0 aromatic heterocycles. The zero-order chi connectivity index (χ0) is 25.9. The SMILES string of the molecule is COc1ccc(NC(=O)[C@H]2CCCN(S(=O)(=O)c3ccc(Cl)cc3)C2)cc1S(=O)(=O)N1CCCCC1. The number of hydrogen-bond donors (Lipinski definition) is 1. The van der Waals surface area contributed by atoms with Crippen LogP contribution in [0.1, 0.15) is 32.1 Å². The molecule has 0 spiro atoms. The van der Waals surface area contributed by atoms with Crippen LogP contribution in [0.4, 0.5) is 5.69 Å². The summed E-state index contributed by atoms with van der Waals surface area (Å²) in [6.07, 6.45) is 3.64. The Morgan fingerprint density at radius 2 is 1.58 bits per heavy atom. The van der Waals surface area contributed by atoms with Gasteiger partial charge in [0.1, 0.15) is 10.6 Å². The van der Waals surface area contributed by atoms with Crippen molar-refractivity contribution in [3.8, 4) is 5.75 Å². The van der Waals surface area contributed by atoms with Gasteiger partial charge in [0.05, 0.1) is 17.9 Å². The molecule has 1 atom stereocenters. The third kappa shape index (κ3) is 5.70. The highest BCUT2D eigenvalue weighted by atomic mass is 35.5. The molecule has 2 aliphatic heterocycles. The number of carbonyl (C=O) groups is 1. The monoisotopic (exact) mass is 555 g/mol. The van der Waals surface area contributed by atoms with Crippen molar-refractivity contribution in [1.82, 2.24) is 8.61 Å². The van der Waals surface area contributed by atoms with Crippen LogP contribution in [0.15, 0.2) is 52.3 Å². The lowest BCUT2D eigenvalue weighted by molar-refractivity contribution is -0.120. The van der Waals surface area contributed by atoms with Crippen LogP contribution in [0.2, 0.25) is 5.02 Å². The van der Waals surface area contributed by atoms with E-state index in [9.17, 15) is 21.6 Å². The zero-order valence-electron chi connectivity index (χ0n) is 20.0. The first-order chi connectivity index (χ1) is 17.1. The van der Waals surface area contributed by atoms with Crippen LogP contribution in [0, 0.1) is 5.92 Å². The van der Waals surface area contributed by atoms with Crippen molar-refractivity contribution in [2.45, 2.75) is 41.9 Å². The molecular formula is C24H30ClN3O6S2. The molecule has 0 radical (unpaired) electrons. The van der Waals surface area contributed by atoms with Gasteiger partial charge in [0.2, 0.25) is 26.0 Å². The number of rotatable bonds is 7. The van der Waals surface area contributed by atoms with Crippen LogP contribution >= 0.6 is 11.6 Å². The molecular weight excluding hydrogens is 526 g/mol. The van der Waals surface area contributed by atoms with Crippen LogP contribution < -0.4 is 10.1 Å². The number of anilines is 1. The summed E-state index contributed by atoms with van der Waals surface area (Å²) in [6, 6.07) is 10.4. The molecule has 9 nitrogen and oxygen atoms in total. The van der Waals surface area contributed by atoms with E-state index in [0.29, 0.717) is 43.2 Å². The van der Waals surface area contributed by atoms with Crippen LogP contribution in [-0.4, -0.2) is 64.6 Å². The van der Waals surface area contributed by atoms with E-state index in [2.05, 4.69) is 5.32 Å². The standard InChI is InChI=1S/C24H30ClN3O6S2/c1-34-22-12-9-20(16-23(22)36(32,33)27-13-3-2-4-14-27)26-24(29)18-6-5-15-28(17-18)35(30,31)21-10-7-19(25)8-11-21/h7-12,16,18H,2-6,13-15,17H2,1H3,(H,26,29)/t18-/m0/s1. The molecule has 2 fully saturated rings. The minimum absolute atomic E-state index is 0.000266. The summed E-state index contributed by atoms with van der Waals surface area (Å²) >= 11 is 5.88. The third-order valence-corrected chi connectivity index (χ3v) is 10.6. The first kappa shape index (κ1) is 26.9. The largest absolute Gasteiger partial charge is 0.495 e. The van der Waals surface area contributed by atoms with Crippen LogP contribution in [0.5, 0.6) is 5.75 Å². The van der Waals surface area contributed by atoms with Crippen molar-refractivity contribution < 1.29 is 26.4 Å². The molecule has 196 valence electrons. The highest BCUT2D eigenvalue weighted by Gasteiger charge is 2.34. The van der Waals surface area contributed by atoms with Crippen molar-refractivity contribution >= 4 is 43.2 Å². The number of sulfonamides is 2. The van der Waals surface area contributed by atoms with E-state index in [-0.39, 0.29) is 28.0 Å². The molecule has 36 heavy (non-hydrogen) atoms. The molecule has 2 aliphatic rings. The van der Waals surface area contributed by atoms with E-state index in [1.807, 2.05) is 0 Å². The van der Waals surface area contributed by atoms with E-state index >= 15 is 0 Å². The van der Waals surface area contributed by atoms with Crippen molar-refractivity contribution in [2.24, 2.45) is 5.92 Å². The van der Waals surface area contributed by atoms with Crippen molar-refractivity contribution in [3.05, 3.63) is 47.5 Å². The van der Waals surface area contributed by atoms with E-state index in [1.54, 1.807) is 6.07 Å². The fraction of sp³-hybridized carbons (Fsp3) is 0.458. The Kier molecular flexibility index (Phi) is 8.25. The van der Waals surface area contributed by atoms with Crippen LogP contribution in [-0.2, 0) is 24.8 Å². The second-order valence-electron chi connectivity index (χ2n) is 8.98. The van der Waals surface area contributed by atoms with E-state index < -0.39 is 26.0 Å². The van der Waals surface area contributed by atoms with Crippen molar-refractivity contribution in [3.63, 3.8) is 0 Å². The van der Waals surface area contributed by atoms with Gasteiger partial charge in [-0.3, -0.25) is 4.79 Å². The van der Waals surface area contributed by atoms with Gasteiger partial charge < -0.3 is 10.1 Å². The van der Waals surface area contributed by atoms with E-state index in [1.165, 1.54) is 52.1 Å². The molecule has 1 N–H and O–H groups in total. The van der Waals surface area contributed by atoms with Gasteiger partial charge in [-0.1, -0.05) is 18.0 Å². The molecule has 12 heteroatoms. The summed E-state index contributed by atoms with van der Waals surface area (Å²) in [5.74, 6) is -0.737. The number of benzene rings is 2. The number of carbonyl (C=O) groups excluding carboxylic acids is 1. The number of hydrogen-bond acceptors (Lipinski definition) is 6. The summed E-state index contributed by atoms with van der Waals surface area (Å²) < 4.78 is 60.7. The lowest BCUT2D eigenvalue weighted by Crippen LogP contribution is -2.43. The first-order valence-corrected chi connectivity index (χ1v) is 15.1. The maximum absolute atomic E-state index is 13.3. The smallest absolute Gasteiger partial charge is 0.246 e. The summed E-state index contributed by atoms with van der Waals surface area (Å²) in [7, 11) is -6.16. The number of piperidine rings is 2. The molecule has 2 saturated heterocycles. The Labute approximate surface area is 217 Å². The molecule has 0 saturated carbocycles. The molecule has 0 aliphatic carbocycles. The van der Waals surface area contributed by atoms with Crippen LogP contribution in [0.25, 0.3) is 0 Å². The Hall–Kier alpha value is -2.18. The van der Waals surface area contributed by atoms with Gasteiger partial charge in [-0.05, 0) is 68.1 Å². The first-order valence-electron chi connectivity index (χ1n) is 11.9. The minimum atomic E-state index is -3.79. The average Bonchev–Trinajstić information content (AvgIpc) is 2.89. The molecule has 0 unspecified atom stereocenters. The molecule has 1 amide bonds. The Balaban J connectivity index is 1.51. The van der Waals surface area contributed by atoms with Gasteiger partial charge in [0.15, 0.2) is 0 Å². The summed E-state index contributed by atoms with van der Waals surface area (Å²) in [5.41, 5.74) is 0.314. The lowest BCUT2D eigenvalue weighted by atomic mass is 9.98. The van der Waals surface area contributed by atoms with Crippen molar-refractivity contribution in [2.75, 3.05) is 38.6 Å². The number of ether oxygens (including phenoxy) is 1. The highest BCUT2D eigenvalue weighted by Crippen LogP contribution is 2.32. The summed E-state index contributed by atoms with van der Waals surface area (Å²) in [4.78, 5) is 13.2. The molecule has 2 heterocycles. The predicted octanol–water partition coefficient (Wildman–Crippen LogP) is 3.56. The van der Waals surface area contributed by atoms with Crippen molar-refractivity contribution in [1.29, 1.82) is 0 Å². The van der Waals surface area contributed by atoms with E-state index in [0.717, 1.165) is 19.3 Å². The number of halogens is 1. The zero-order valence-corrected chi connectivity index (χ0v) is 22.4. The van der Waals surface area contributed by atoms with Gasteiger partial charge >= 0.3 is 0 Å². The number of methoxy groups -OCH3 is 1. The maximum Gasteiger partial charge on any atom is 0.246 e. The molecule has 2 aromatic rings. The Bertz CT molecular complexity index is 1310. The van der Waals surface area contributed by atoms with Gasteiger partial charge in [-0.25, -0.2) is 16.8 Å². The minimum Gasteiger partial charge on any atom is -0.495 e. The normalized spacial score (nSPS) is 20.1. The fourth-order valence-corrected chi connectivity index (χ4v) is 7.92. The summed E-state index contributed by atoms with van der Waals surface area (Å²) in [5, 5.41) is 3.22. The maximum atomic E-state index is 13.3. The van der Waals surface area contributed by atoms with Gasteiger partial charge in [0, 0.05) is 36.9 Å². The second kappa shape index (κ2) is 11.1. The van der Waals surface area contributed by atoms with Gasteiger partial charge in [-0.2, -0.15) is 8.61 Å². The Morgan fingerprint density at radius 3 is 2.25 bits per heavy atom. The third-order valence-electron chi connectivity index (χ3n) is 6.57. The summed E-state index contributed by atoms with van der Waals surface area (Å²) in [6.45, 7) is 1.24. The fourth-order valence-electron chi connectivity index (χ4n) is 4.58. The van der Waals surface area contributed by atoms with Gasteiger partial charge in [0.25, 0.3) is 0 Å². The number of nitrogens with zero attached hydrogens (tertiary/aromatic N) is 2. The topological polar surface area (TPSA) is 113 Å². The quantitative estimate of drug-likeness (QED) is 0.559. The molecule has 4 rings (SSSR count). The average molecular weight is 556 g/mol. The van der Waals surface area contributed by atoms with Gasteiger partial charge in [-0.15, -0.1) is 0 Å². The highest BCUT2D eigenvalue weighted by molar-refractivity contribution is 7.89. The molecule has 0 bridgehead atoms. The molecule has 2 aromatic carbocycles. The van der Waals surface area contributed by atoms with E-state index in [4.69, 9.17) is 16.3 Å². The predicted molar refractivity (Wildman–Crippen MR) is 137 cm³/mol. The lowest BCUT2D eigenvalue weighted by Gasteiger charge is -2.31. The van der Waals surface area contributed by atoms with Crippen LogP contribution in [0.3, 0.4) is 0 Å². The number of amides is 1. The Morgan fingerprint density at radius 1 is 0.917 bits per heavy atom. The second-order valence-corrected chi connectivity index (χ2v) is 13.3. The number of nitrogens with one attached hydrogen (secondary N) is 1.